The summed E-state index contributed by atoms with van der Waals surface area (Å²) >= 11 is 5.70. The molecular formula is C86H110ClNO12. The average Bonchev–Trinajstić information content (AvgIpc) is 0.911. The van der Waals surface area contributed by atoms with Crippen LogP contribution in [-0.2, 0) is 28.7 Å². The molecule has 0 spiro atoms. The second-order valence-electron chi connectivity index (χ2n) is 22.2. The van der Waals surface area contributed by atoms with Crippen molar-refractivity contribution in [1.29, 1.82) is 0 Å². The normalized spacial score (nSPS) is 11.0. The largest absolute Gasteiger partial charge is 0.497 e. The summed E-state index contributed by atoms with van der Waals surface area (Å²) in [5.41, 5.74) is 11.3. The second kappa shape index (κ2) is 52.4. The van der Waals surface area contributed by atoms with Crippen molar-refractivity contribution in [3.05, 3.63) is 292 Å². The summed E-state index contributed by atoms with van der Waals surface area (Å²) in [6.07, 6.45) is 7.73. The van der Waals surface area contributed by atoms with E-state index in [-0.39, 0.29) is 13.7 Å². The van der Waals surface area contributed by atoms with E-state index in [9.17, 15) is 0 Å². The Kier molecular flexibility index (Phi) is 45.3. The molecule has 14 heteroatoms. The average molecular weight is 1390 g/mol. The van der Waals surface area contributed by atoms with Crippen molar-refractivity contribution in [2.45, 2.75) is 100 Å². The van der Waals surface area contributed by atoms with E-state index in [1.165, 1.54) is 70.3 Å². The van der Waals surface area contributed by atoms with E-state index in [0.29, 0.717) is 24.2 Å². The van der Waals surface area contributed by atoms with Crippen LogP contribution in [0, 0.1) is 27.7 Å². The fourth-order valence-electron chi connectivity index (χ4n) is 9.53. The molecule has 13 nitrogen and oxygen atoms in total. The highest BCUT2D eigenvalue weighted by Crippen LogP contribution is 2.30. The highest BCUT2D eigenvalue weighted by atomic mass is 35.5. The molecule has 1 aliphatic heterocycles. The number of hydrogen-bond donors (Lipinski definition) is 0. The van der Waals surface area contributed by atoms with Gasteiger partial charge in [0, 0.05) is 17.5 Å². The van der Waals surface area contributed by atoms with Gasteiger partial charge in [0.1, 0.15) is 46.0 Å². The molecule has 0 bridgehead atoms. The number of rotatable bonds is 13. The van der Waals surface area contributed by atoms with Gasteiger partial charge < -0.3 is 56.8 Å². The zero-order chi connectivity index (χ0) is 72.4. The third-order valence-corrected chi connectivity index (χ3v) is 15.2. The Balaban J connectivity index is 0.000000379. The molecular weight excluding hydrogens is 1270 g/mol. The standard InChI is InChI=1S/C11H14O.C10H12O3.C10H14O.C8H11N.C8H10O2.3C8H10O.C7H7ClO.C7H8O.CH4/c1-12-11-8-4-6-9-5-2-3-7-10(9)11;1-11-9-4-2-3-8(7-9)10-12-5-6-13-10;1-8(2)9-6-4-5-7-10(9)11-3;1-3-8-7(2)5-4-6-9-8;1-9-7-5-3-4-6-8(7)10-2;2*1-7-4-3-5-8(6-7)9-2;1-7-5-3-4-6-8(7)9-2;1-9-7-5-3-2-4-6(7)8;1-8-7-5-3-2-4-6-7;/h4,6,8H,2-3,5,7H2,1H3;2-4,7,10H,5-6H2,1H3;4-8H,1-3H3;4-6H,3H2,1-2H3;3-6H,1-2H3;3*3-6H,1-2H3;2-5H,1H3;2-6H,1H3;1H4. The Bertz CT molecular complexity index is 3540. The van der Waals surface area contributed by atoms with Crippen molar-refractivity contribution >= 4 is 11.6 Å². The van der Waals surface area contributed by atoms with Gasteiger partial charge in [-0.25, -0.2) is 0 Å². The van der Waals surface area contributed by atoms with Gasteiger partial charge in [-0.2, -0.15) is 0 Å². The number of hydrogen-bond acceptors (Lipinski definition) is 13. The van der Waals surface area contributed by atoms with Crippen LogP contribution in [0.1, 0.15) is 103 Å². The van der Waals surface area contributed by atoms with E-state index in [1.807, 2.05) is 221 Å². The lowest BCUT2D eigenvalue weighted by molar-refractivity contribution is -0.0442. The van der Waals surface area contributed by atoms with Crippen LogP contribution in [0.5, 0.6) is 57.5 Å². The summed E-state index contributed by atoms with van der Waals surface area (Å²) in [7, 11) is 16.7. The lowest BCUT2D eigenvalue weighted by atomic mass is 9.91. The molecule has 0 saturated carbocycles. The summed E-state index contributed by atoms with van der Waals surface area (Å²) in [5, 5.41) is 0.653. The number of para-hydroxylation sites is 6. The molecule has 0 unspecified atom stereocenters. The first kappa shape index (κ1) is 86.4. The summed E-state index contributed by atoms with van der Waals surface area (Å²) in [6, 6.07) is 74.7. The van der Waals surface area contributed by atoms with Gasteiger partial charge >= 0.3 is 0 Å². The molecule has 100 heavy (non-hydrogen) atoms. The number of ether oxygens (including phenoxy) is 12. The molecule has 538 valence electrons. The monoisotopic (exact) mass is 1380 g/mol. The van der Waals surface area contributed by atoms with Crippen LogP contribution in [0.25, 0.3) is 0 Å². The van der Waals surface area contributed by atoms with E-state index >= 15 is 0 Å². The Morgan fingerprint density at radius 1 is 0.400 bits per heavy atom. The van der Waals surface area contributed by atoms with E-state index in [1.54, 1.807) is 77.2 Å². The molecule has 12 rings (SSSR count). The van der Waals surface area contributed by atoms with E-state index in [2.05, 4.69) is 63.0 Å². The van der Waals surface area contributed by atoms with Crippen molar-refractivity contribution in [3.63, 3.8) is 0 Å². The third kappa shape index (κ3) is 33.7. The van der Waals surface area contributed by atoms with Gasteiger partial charge in [-0.05, 0) is 202 Å². The van der Waals surface area contributed by atoms with Crippen LogP contribution >= 0.6 is 11.6 Å². The van der Waals surface area contributed by atoms with Crippen LogP contribution in [-0.4, -0.2) is 89.3 Å². The summed E-state index contributed by atoms with van der Waals surface area (Å²) in [4.78, 5) is 4.20. The first-order chi connectivity index (χ1) is 48.1. The first-order valence-corrected chi connectivity index (χ1v) is 33.4. The van der Waals surface area contributed by atoms with Gasteiger partial charge in [-0.1, -0.05) is 173 Å². The molecule has 2 heterocycles. The number of halogens is 1. The van der Waals surface area contributed by atoms with Crippen LogP contribution in [0.4, 0.5) is 0 Å². The molecule has 1 aliphatic carbocycles. The van der Waals surface area contributed by atoms with Crippen molar-refractivity contribution in [2.24, 2.45) is 0 Å². The smallest absolute Gasteiger partial charge is 0.184 e. The SMILES string of the molecule is C.CCc1ncccc1C.COc1cccc(C)c1.COc1cccc(C)c1.COc1cccc(C2OCCO2)c1.COc1cccc2c1CCCC2.COc1ccccc1.COc1ccccc1C.COc1ccccc1C(C)C.COc1ccccc1Cl.COc1ccccc1OC. The zero-order valence-corrected chi connectivity index (χ0v) is 62.1. The fraction of sp³-hybridized carbons (Fsp3) is 0.314. The lowest BCUT2D eigenvalue weighted by Gasteiger charge is -2.17. The highest BCUT2D eigenvalue weighted by Gasteiger charge is 2.18. The van der Waals surface area contributed by atoms with Crippen molar-refractivity contribution in [3.8, 4) is 57.5 Å². The molecule has 0 radical (unpaired) electrons. The molecule has 1 saturated heterocycles. The number of fused-ring (bicyclic) bond motifs is 1. The van der Waals surface area contributed by atoms with Gasteiger partial charge in [0.2, 0.25) is 0 Å². The predicted molar refractivity (Wildman–Crippen MR) is 413 cm³/mol. The summed E-state index contributed by atoms with van der Waals surface area (Å²) < 4.78 is 61.2. The lowest BCUT2D eigenvalue weighted by Crippen LogP contribution is -2.04. The fourth-order valence-corrected chi connectivity index (χ4v) is 9.75. The minimum Gasteiger partial charge on any atom is -0.497 e. The number of pyridine rings is 1. The maximum absolute atomic E-state index is 5.70. The third-order valence-electron chi connectivity index (χ3n) is 14.9. The molecule has 0 atom stereocenters. The number of aromatic nitrogens is 1. The summed E-state index contributed by atoms with van der Waals surface area (Å²) in [6.45, 7) is 16.0. The van der Waals surface area contributed by atoms with Gasteiger partial charge in [0.05, 0.1) is 89.3 Å². The number of benzene rings is 9. The molecule has 1 aromatic heterocycles. The molecule has 1 fully saturated rings. The van der Waals surface area contributed by atoms with Gasteiger partial charge in [0.25, 0.3) is 0 Å². The van der Waals surface area contributed by atoms with Crippen LogP contribution in [0.3, 0.4) is 0 Å². The van der Waals surface area contributed by atoms with E-state index in [0.717, 1.165) is 69.5 Å². The molecule has 0 amide bonds. The minimum absolute atomic E-state index is 0. The summed E-state index contributed by atoms with van der Waals surface area (Å²) in [5.74, 6) is 9.40. The topological polar surface area (TPSA) is 124 Å². The maximum Gasteiger partial charge on any atom is 0.184 e. The zero-order valence-electron chi connectivity index (χ0n) is 61.3. The Hall–Kier alpha value is -9.66. The minimum atomic E-state index is -0.213. The predicted octanol–water partition coefficient (Wildman–Crippen LogP) is 21.5. The second-order valence-corrected chi connectivity index (χ2v) is 22.6. The highest BCUT2D eigenvalue weighted by molar-refractivity contribution is 6.32. The van der Waals surface area contributed by atoms with E-state index < -0.39 is 0 Å². The van der Waals surface area contributed by atoms with Crippen LogP contribution in [0.2, 0.25) is 5.02 Å². The van der Waals surface area contributed by atoms with Crippen LogP contribution in [0.15, 0.2) is 237 Å². The number of methoxy groups -OCH3 is 10. The quantitative estimate of drug-likeness (QED) is 0.109. The number of nitrogens with zero attached hydrogens (tertiary/aromatic N) is 1. The Morgan fingerprint density at radius 2 is 0.820 bits per heavy atom. The van der Waals surface area contributed by atoms with Crippen molar-refractivity contribution in [1.82, 2.24) is 4.98 Å². The number of aryl methyl sites for hydroxylation is 6. The maximum atomic E-state index is 5.70. The van der Waals surface area contributed by atoms with Crippen molar-refractivity contribution in [2.75, 3.05) is 84.3 Å². The van der Waals surface area contributed by atoms with Crippen LogP contribution < -0.4 is 47.4 Å². The molecule has 9 aromatic carbocycles. The Morgan fingerprint density at radius 3 is 1.24 bits per heavy atom. The molecule has 10 aromatic rings. The van der Waals surface area contributed by atoms with Gasteiger partial charge in [-0.15, -0.1) is 0 Å². The Labute approximate surface area is 604 Å². The van der Waals surface area contributed by atoms with Gasteiger partial charge in [0.15, 0.2) is 17.8 Å². The molecule has 0 N–H and O–H groups in total. The van der Waals surface area contributed by atoms with E-state index in [4.69, 9.17) is 68.4 Å². The molecule has 2 aliphatic rings. The van der Waals surface area contributed by atoms with Crippen molar-refractivity contribution < 1.29 is 56.8 Å². The van der Waals surface area contributed by atoms with Gasteiger partial charge in [-0.3, -0.25) is 4.98 Å². The first-order valence-electron chi connectivity index (χ1n) is 33.0.